The SMILES string of the molecule is C[C@@H](NC(=O)CCc1ccco1)C(=O)OC(C)(C)C. The largest absolute Gasteiger partial charge is 0.469 e. The van der Waals surface area contributed by atoms with Gasteiger partial charge in [0, 0.05) is 12.8 Å². The molecule has 5 nitrogen and oxygen atoms in total. The van der Waals surface area contributed by atoms with Crippen molar-refractivity contribution in [2.75, 3.05) is 0 Å². The molecule has 0 aliphatic rings. The highest BCUT2D eigenvalue weighted by Crippen LogP contribution is 2.08. The predicted octanol–water partition coefficient (Wildman–Crippen LogP) is 2.06. The Hall–Kier alpha value is -1.78. The van der Waals surface area contributed by atoms with Gasteiger partial charge in [0.15, 0.2) is 0 Å². The fourth-order valence-electron chi connectivity index (χ4n) is 1.45. The third-order valence-electron chi connectivity index (χ3n) is 2.32. The van der Waals surface area contributed by atoms with Crippen molar-refractivity contribution in [2.45, 2.75) is 52.2 Å². The van der Waals surface area contributed by atoms with Crippen molar-refractivity contribution >= 4 is 11.9 Å². The number of amides is 1. The molecule has 0 aliphatic carbocycles. The van der Waals surface area contributed by atoms with E-state index in [1.54, 1.807) is 40.0 Å². The molecule has 1 atom stereocenters. The van der Waals surface area contributed by atoms with E-state index >= 15 is 0 Å². The number of aryl methyl sites for hydroxylation is 1. The van der Waals surface area contributed by atoms with E-state index in [4.69, 9.17) is 9.15 Å². The third-order valence-corrected chi connectivity index (χ3v) is 2.32. The average molecular weight is 267 g/mol. The number of furan rings is 1. The van der Waals surface area contributed by atoms with Crippen molar-refractivity contribution in [2.24, 2.45) is 0 Å². The van der Waals surface area contributed by atoms with E-state index in [2.05, 4.69) is 5.32 Å². The zero-order valence-electron chi connectivity index (χ0n) is 11.9. The van der Waals surface area contributed by atoms with Gasteiger partial charge in [0.05, 0.1) is 6.26 Å². The Bertz CT molecular complexity index is 417. The van der Waals surface area contributed by atoms with Gasteiger partial charge in [-0.25, -0.2) is 4.79 Å². The van der Waals surface area contributed by atoms with Gasteiger partial charge in [0.2, 0.25) is 5.91 Å². The standard InChI is InChI=1S/C14H21NO4/c1-10(13(17)19-14(2,3)4)15-12(16)8-7-11-6-5-9-18-11/h5-6,9-10H,7-8H2,1-4H3,(H,15,16)/t10-/m1/s1. The van der Waals surface area contributed by atoms with Crippen LogP contribution in [0, 0.1) is 0 Å². The molecule has 0 saturated carbocycles. The predicted molar refractivity (Wildman–Crippen MR) is 70.5 cm³/mol. The molecule has 0 spiro atoms. The van der Waals surface area contributed by atoms with E-state index < -0.39 is 17.6 Å². The number of carbonyl (C=O) groups is 2. The van der Waals surface area contributed by atoms with Crippen LogP contribution in [0.4, 0.5) is 0 Å². The number of esters is 1. The van der Waals surface area contributed by atoms with Crippen LogP contribution >= 0.6 is 0 Å². The van der Waals surface area contributed by atoms with Crippen LogP contribution in [-0.4, -0.2) is 23.5 Å². The van der Waals surface area contributed by atoms with Crippen LogP contribution in [0.3, 0.4) is 0 Å². The second-order valence-corrected chi connectivity index (χ2v) is 5.40. The molecule has 0 aliphatic heterocycles. The van der Waals surface area contributed by atoms with E-state index in [1.165, 1.54) is 0 Å². The third kappa shape index (κ3) is 6.08. The first-order valence-corrected chi connectivity index (χ1v) is 6.32. The van der Waals surface area contributed by atoms with Gasteiger partial charge < -0.3 is 14.5 Å². The lowest BCUT2D eigenvalue weighted by molar-refractivity contribution is -0.158. The first kappa shape index (κ1) is 15.3. The number of hydrogen-bond donors (Lipinski definition) is 1. The van der Waals surface area contributed by atoms with Gasteiger partial charge in [-0.2, -0.15) is 0 Å². The smallest absolute Gasteiger partial charge is 0.328 e. The van der Waals surface area contributed by atoms with Crippen LogP contribution < -0.4 is 5.32 Å². The second kappa shape index (κ2) is 6.41. The molecule has 1 aromatic rings. The van der Waals surface area contributed by atoms with Crippen molar-refractivity contribution in [1.29, 1.82) is 0 Å². The minimum atomic E-state index is -0.650. The van der Waals surface area contributed by atoms with Gasteiger partial charge in [0.1, 0.15) is 17.4 Å². The van der Waals surface area contributed by atoms with Crippen LogP contribution in [-0.2, 0) is 20.7 Å². The molecule has 1 heterocycles. The van der Waals surface area contributed by atoms with Gasteiger partial charge >= 0.3 is 5.97 Å². The van der Waals surface area contributed by atoms with E-state index in [9.17, 15) is 9.59 Å². The second-order valence-electron chi connectivity index (χ2n) is 5.40. The first-order chi connectivity index (χ1) is 8.78. The average Bonchev–Trinajstić information content (AvgIpc) is 2.76. The van der Waals surface area contributed by atoms with Crippen molar-refractivity contribution in [3.63, 3.8) is 0 Å². The van der Waals surface area contributed by atoms with Crippen molar-refractivity contribution in [1.82, 2.24) is 5.32 Å². The monoisotopic (exact) mass is 267 g/mol. The molecule has 5 heteroatoms. The van der Waals surface area contributed by atoms with Gasteiger partial charge in [-0.1, -0.05) is 0 Å². The van der Waals surface area contributed by atoms with Gasteiger partial charge in [-0.15, -0.1) is 0 Å². The molecule has 1 amide bonds. The molecule has 1 N–H and O–H groups in total. The van der Waals surface area contributed by atoms with E-state index in [0.29, 0.717) is 6.42 Å². The Kier molecular flexibility index (Phi) is 5.15. The Morgan fingerprint density at radius 3 is 2.63 bits per heavy atom. The Morgan fingerprint density at radius 2 is 2.11 bits per heavy atom. The number of hydrogen-bond acceptors (Lipinski definition) is 4. The van der Waals surface area contributed by atoms with Crippen LogP contribution in [0.1, 0.15) is 39.9 Å². The summed E-state index contributed by atoms with van der Waals surface area (Å²) in [7, 11) is 0. The first-order valence-electron chi connectivity index (χ1n) is 6.32. The van der Waals surface area contributed by atoms with Crippen LogP contribution in [0.2, 0.25) is 0 Å². The highest BCUT2D eigenvalue weighted by atomic mass is 16.6. The summed E-state index contributed by atoms with van der Waals surface area (Å²) in [5, 5.41) is 2.61. The van der Waals surface area contributed by atoms with Gasteiger partial charge in [-0.3, -0.25) is 4.79 Å². The van der Waals surface area contributed by atoms with Gasteiger partial charge in [-0.05, 0) is 39.8 Å². The molecule has 0 bridgehead atoms. The van der Waals surface area contributed by atoms with E-state index in [-0.39, 0.29) is 12.3 Å². The quantitative estimate of drug-likeness (QED) is 0.829. The maximum atomic E-state index is 11.7. The summed E-state index contributed by atoms with van der Waals surface area (Å²) < 4.78 is 10.3. The maximum Gasteiger partial charge on any atom is 0.328 e. The summed E-state index contributed by atoms with van der Waals surface area (Å²) in [6.45, 7) is 6.97. The van der Waals surface area contributed by atoms with Crippen molar-refractivity contribution < 1.29 is 18.7 Å². The van der Waals surface area contributed by atoms with Crippen molar-refractivity contribution in [3.8, 4) is 0 Å². The Morgan fingerprint density at radius 1 is 1.42 bits per heavy atom. The summed E-state index contributed by atoms with van der Waals surface area (Å²) in [4.78, 5) is 23.3. The number of nitrogens with one attached hydrogen (secondary N) is 1. The summed E-state index contributed by atoms with van der Waals surface area (Å²) in [6, 6.07) is 2.93. The highest BCUT2D eigenvalue weighted by molar-refractivity contribution is 5.84. The van der Waals surface area contributed by atoms with Gasteiger partial charge in [0.25, 0.3) is 0 Å². The molecule has 0 radical (unpaired) electrons. The zero-order chi connectivity index (χ0) is 14.5. The Labute approximate surface area is 113 Å². The molecule has 106 valence electrons. The molecule has 0 unspecified atom stereocenters. The van der Waals surface area contributed by atoms with Crippen LogP contribution in [0.25, 0.3) is 0 Å². The molecular weight excluding hydrogens is 246 g/mol. The Balaban J connectivity index is 2.33. The van der Waals surface area contributed by atoms with E-state index in [0.717, 1.165) is 5.76 Å². The fraction of sp³-hybridized carbons (Fsp3) is 0.571. The number of rotatable bonds is 5. The van der Waals surface area contributed by atoms with Crippen molar-refractivity contribution in [3.05, 3.63) is 24.2 Å². The summed E-state index contributed by atoms with van der Waals surface area (Å²) >= 11 is 0. The van der Waals surface area contributed by atoms with Crippen LogP contribution in [0.15, 0.2) is 22.8 Å². The normalized spacial score (nSPS) is 12.8. The molecule has 1 aromatic heterocycles. The fourth-order valence-corrected chi connectivity index (χ4v) is 1.45. The van der Waals surface area contributed by atoms with E-state index in [1.807, 2.05) is 6.07 Å². The number of carbonyl (C=O) groups excluding carboxylic acids is 2. The molecule has 0 fully saturated rings. The number of ether oxygens (including phenoxy) is 1. The molecule has 1 rings (SSSR count). The van der Waals surface area contributed by atoms with Crippen LogP contribution in [0.5, 0.6) is 0 Å². The minimum absolute atomic E-state index is 0.199. The summed E-state index contributed by atoms with van der Waals surface area (Å²) in [6.07, 6.45) is 2.36. The lowest BCUT2D eigenvalue weighted by atomic mass is 10.2. The molecule has 19 heavy (non-hydrogen) atoms. The maximum absolute atomic E-state index is 11.7. The molecule has 0 saturated heterocycles. The zero-order valence-corrected chi connectivity index (χ0v) is 11.9. The lowest BCUT2D eigenvalue weighted by Crippen LogP contribution is -2.42. The summed E-state index contributed by atoms with van der Waals surface area (Å²) in [5.41, 5.74) is -0.551. The molecular formula is C14H21NO4. The summed E-state index contributed by atoms with van der Waals surface area (Å²) in [5.74, 6) is 0.119. The minimum Gasteiger partial charge on any atom is -0.469 e. The lowest BCUT2D eigenvalue weighted by Gasteiger charge is -2.22. The topological polar surface area (TPSA) is 68.5 Å². The highest BCUT2D eigenvalue weighted by Gasteiger charge is 2.22. The molecule has 0 aromatic carbocycles.